The Morgan fingerprint density at radius 3 is 2.51 bits per heavy atom. The van der Waals surface area contributed by atoms with Crippen molar-refractivity contribution in [2.24, 2.45) is 17.8 Å². The molecule has 0 aromatic heterocycles. The lowest BCUT2D eigenvalue weighted by Crippen LogP contribution is -2.73. The first-order valence-corrected chi connectivity index (χ1v) is 18.2. The minimum absolute atomic E-state index is 0.0625. The van der Waals surface area contributed by atoms with Crippen LogP contribution in [-0.4, -0.2) is 133 Å². The molecule has 0 spiro atoms. The summed E-state index contributed by atoms with van der Waals surface area (Å²) in [5.41, 5.74) is -0.440. The molecule has 3 aliphatic carbocycles. The van der Waals surface area contributed by atoms with Crippen molar-refractivity contribution in [1.82, 2.24) is 25.3 Å². The summed E-state index contributed by atoms with van der Waals surface area (Å²) < 4.78 is 34.4. The normalized spacial score (nSPS) is 39.3. The predicted molar refractivity (Wildman–Crippen MR) is 172 cm³/mol. The van der Waals surface area contributed by atoms with E-state index in [0.29, 0.717) is 57.6 Å². The average Bonchev–Trinajstić information content (AvgIpc) is 3.48. The van der Waals surface area contributed by atoms with Gasteiger partial charge in [0.05, 0.1) is 49.1 Å². The highest BCUT2D eigenvalue weighted by Crippen LogP contribution is 2.51. The molecular formula is C35H54FN5O6. The van der Waals surface area contributed by atoms with E-state index < -0.39 is 35.9 Å². The topological polar surface area (TPSA) is 113 Å². The second kappa shape index (κ2) is 13.6. The van der Waals surface area contributed by atoms with Gasteiger partial charge in [0.2, 0.25) is 0 Å². The number of nitrogens with zero attached hydrogens (tertiary/aromatic N) is 3. The highest BCUT2D eigenvalue weighted by Gasteiger charge is 2.61. The quantitative estimate of drug-likeness (QED) is 0.416. The number of fused-ring (bicyclic) bond motifs is 3. The van der Waals surface area contributed by atoms with Gasteiger partial charge in [0, 0.05) is 57.4 Å². The third kappa shape index (κ3) is 6.94. The van der Waals surface area contributed by atoms with Gasteiger partial charge in [-0.3, -0.25) is 19.4 Å². The van der Waals surface area contributed by atoms with Crippen molar-refractivity contribution in [1.29, 1.82) is 0 Å². The monoisotopic (exact) mass is 659 g/mol. The van der Waals surface area contributed by atoms with Crippen LogP contribution < -0.4 is 10.6 Å². The maximum absolute atomic E-state index is 16.5. The number of amides is 2. The van der Waals surface area contributed by atoms with Crippen LogP contribution in [0.2, 0.25) is 0 Å². The average molecular weight is 660 g/mol. The molecule has 2 N–H and O–H groups in total. The van der Waals surface area contributed by atoms with Gasteiger partial charge in [0.15, 0.2) is 5.78 Å². The minimum Gasteiger partial charge on any atom is -0.444 e. The lowest BCUT2D eigenvalue weighted by molar-refractivity contribution is -0.219. The number of ketones is 1. The largest absolute Gasteiger partial charge is 0.444 e. The van der Waals surface area contributed by atoms with Crippen LogP contribution >= 0.6 is 0 Å². The number of morpholine rings is 2. The molecule has 0 aromatic carbocycles. The van der Waals surface area contributed by atoms with Crippen molar-refractivity contribution in [3.05, 3.63) is 11.8 Å². The van der Waals surface area contributed by atoms with Crippen molar-refractivity contribution >= 4 is 17.8 Å². The zero-order valence-corrected chi connectivity index (χ0v) is 28.3. The summed E-state index contributed by atoms with van der Waals surface area (Å²) in [5, 5.41) is 5.98. The predicted octanol–water partition coefficient (Wildman–Crippen LogP) is 2.63. The number of carbonyl (C=O) groups is 3. The van der Waals surface area contributed by atoms with Crippen molar-refractivity contribution in [3.63, 3.8) is 0 Å². The summed E-state index contributed by atoms with van der Waals surface area (Å²) >= 11 is 0. The second-order valence-corrected chi connectivity index (χ2v) is 16.0. The van der Waals surface area contributed by atoms with E-state index in [1.807, 2.05) is 27.0 Å². The van der Waals surface area contributed by atoms with Crippen LogP contribution in [0.4, 0.5) is 9.18 Å². The van der Waals surface area contributed by atoms with Gasteiger partial charge in [-0.15, -0.1) is 0 Å². The molecule has 3 saturated heterocycles. The van der Waals surface area contributed by atoms with E-state index in [1.54, 1.807) is 0 Å². The number of nitrogens with one attached hydrogen (secondary N) is 2. The minimum atomic E-state index is -1.29. The van der Waals surface area contributed by atoms with Gasteiger partial charge >= 0.3 is 6.09 Å². The molecule has 0 aromatic rings. The van der Waals surface area contributed by atoms with Gasteiger partial charge in [-0.05, 0) is 58.3 Å². The maximum Gasteiger partial charge on any atom is 0.407 e. The van der Waals surface area contributed by atoms with Gasteiger partial charge < -0.3 is 29.7 Å². The zero-order chi connectivity index (χ0) is 32.9. The molecule has 9 unspecified atom stereocenters. The lowest BCUT2D eigenvalue weighted by Gasteiger charge is -2.61. The van der Waals surface area contributed by atoms with E-state index in [2.05, 4.69) is 25.3 Å². The first-order valence-electron chi connectivity index (χ1n) is 18.2. The number of halogens is 1. The summed E-state index contributed by atoms with van der Waals surface area (Å²) in [6.45, 7) is 10.8. The fourth-order valence-corrected chi connectivity index (χ4v) is 9.76. The number of hydrogen-bond donors (Lipinski definition) is 2. The molecule has 4 aliphatic heterocycles. The highest BCUT2D eigenvalue weighted by atomic mass is 19.1. The summed E-state index contributed by atoms with van der Waals surface area (Å²) in [7, 11) is 0. The summed E-state index contributed by atoms with van der Waals surface area (Å²) in [4.78, 5) is 46.8. The van der Waals surface area contributed by atoms with Crippen LogP contribution in [0, 0.1) is 17.8 Å². The molecule has 4 heterocycles. The molecule has 0 radical (unpaired) electrons. The van der Waals surface area contributed by atoms with Crippen molar-refractivity contribution in [3.8, 4) is 0 Å². The number of likely N-dealkylation sites (tertiary alicyclic amines) is 1. The van der Waals surface area contributed by atoms with Gasteiger partial charge in [0.25, 0.3) is 5.91 Å². The third-order valence-corrected chi connectivity index (χ3v) is 11.9. The number of alkyl carbamates (subject to hydrolysis) is 1. The Labute approximate surface area is 278 Å². The SMILES string of the molecule is CC(C)(C)OC(=O)N[C@@H]1CCN(C2C(F)CC3C(=O)C(C(=O)NCCN4CCOCC4)=CN4C5CC6CCCCC6CC5OC2C34)C1. The first-order chi connectivity index (χ1) is 22.6. The lowest BCUT2D eigenvalue weighted by atomic mass is 9.64. The van der Waals surface area contributed by atoms with Gasteiger partial charge in [0.1, 0.15) is 11.8 Å². The fraction of sp³-hybridized carbons (Fsp3) is 0.857. The molecule has 0 bridgehead atoms. The Morgan fingerprint density at radius 1 is 1.02 bits per heavy atom. The van der Waals surface area contributed by atoms with Crippen molar-refractivity contribution < 1.29 is 33.0 Å². The highest BCUT2D eigenvalue weighted by molar-refractivity contribution is 6.20. The van der Waals surface area contributed by atoms with E-state index in [1.165, 1.54) is 25.7 Å². The summed E-state index contributed by atoms with van der Waals surface area (Å²) in [6, 6.07) is -0.928. The Hall–Kier alpha value is -2.28. The van der Waals surface area contributed by atoms with Crippen LogP contribution in [-0.2, 0) is 23.8 Å². The number of rotatable bonds is 6. The molecule has 10 atom stereocenters. The van der Waals surface area contributed by atoms with E-state index in [-0.39, 0.29) is 47.9 Å². The van der Waals surface area contributed by atoms with Crippen molar-refractivity contribution in [2.75, 3.05) is 52.5 Å². The molecule has 7 rings (SSSR count). The van der Waals surface area contributed by atoms with E-state index >= 15 is 4.39 Å². The van der Waals surface area contributed by atoms with Crippen LogP contribution in [0.5, 0.6) is 0 Å². The summed E-state index contributed by atoms with van der Waals surface area (Å²) in [6.07, 6.45) is 7.09. The Kier molecular flexibility index (Phi) is 9.58. The van der Waals surface area contributed by atoms with Crippen LogP contribution in [0.25, 0.3) is 0 Å². The van der Waals surface area contributed by atoms with Gasteiger partial charge in [-0.2, -0.15) is 0 Å². The molecular weight excluding hydrogens is 605 g/mol. The van der Waals surface area contributed by atoms with E-state index in [0.717, 1.165) is 25.9 Å². The van der Waals surface area contributed by atoms with E-state index in [9.17, 15) is 14.4 Å². The molecule has 2 amide bonds. The molecule has 12 heteroatoms. The summed E-state index contributed by atoms with van der Waals surface area (Å²) in [5.74, 6) is -0.0408. The maximum atomic E-state index is 16.5. The fourth-order valence-electron chi connectivity index (χ4n) is 9.76. The first kappa shape index (κ1) is 33.2. The number of alkyl halides is 1. The molecule has 6 fully saturated rings. The number of hydrogen-bond acceptors (Lipinski definition) is 9. The standard InChI is InChI=1S/C35H54FN5O6/c1-35(2,3)47-34(44)38-23-8-10-40(19-23)30-26(36)18-24-29-32(30)46-28-17-22-7-5-4-6-21(22)16-27(28)41(29)20-25(31(24)42)33(43)37-9-11-39-12-14-45-15-13-39/h20-24,26-30,32H,4-19H2,1-3H3,(H,37,43)(H,38,44)/t21?,22?,23-,24?,26?,27?,28?,29?,30?,32?/m1/s1. The Bertz CT molecular complexity index is 1220. The molecule has 3 saturated carbocycles. The van der Waals surface area contributed by atoms with Crippen LogP contribution in [0.15, 0.2) is 11.8 Å². The smallest absolute Gasteiger partial charge is 0.407 e. The molecule has 262 valence electrons. The van der Waals surface area contributed by atoms with Crippen molar-refractivity contribution in [2.45, 2.75) is 120 Å². The van der Waals surface area contributed by atoms with Gasteiger partial charge in [-0.1, -0.05) is 25.7 Å². The second-order valence-electron chi connectivity index (χ2n) is 16.0. The van der Waals surface area contributed by atoms with E-state index in [4.69, 9.17) is 14.2 Å². The molecule has 7 aliphatic rings. The molecule has 11 nitrogen and oxygen atoms in total. The zero-order valence-electron chi connectivity index (χ0n) is 28.3. The number of ether oxygens (including phenoxy) is 3. The molecule has 47 heavy (non-hydrogen) atoms. The van der Waals surface area contributed by atoms with Crippen LogP contribution in [0.1, 0.15) is 72.1 Å². The third-order valence-electron chi connectivity index (χ3n) is 11.9. The number of carbonyl (C=O) groups excluding carboxylic acids is 3. The Morgan fingerprint density at radius 2 is 1.77 bits per heavy atom. The van der Waals surface area contributed by atoms with Crippen LogP contribution in [0.3, 0.4) is 0 Å². The Balaban J connectivity index is 1.11. The van der Waals surface area contributed by atoms with Gasteiger partial charge in [-0.25, -0.2) is 9.18 Å². The number of Topliss-reactive ketones (excluding diaryl/α,β-unsaturated/α-hetero) is 1.